The normalized spacial score (nSPS) is 10.1. The van der Waals surface area contributed by atoms with Gasteiger partial charge in [-0.15, -0.1) is 0 Å². The van der Waals surface area contributed by atoms with Crippen LogP contribution in [0.1, 0.15) is 6.92 Å². The maximum absolute atomic E-state index is 5.70. The number of hydrogen-bond donors (Lipinski definition) is 2. The largest absolute Gasteiger partial charge is 0.492 e. The molecule has 1 heterocycles. The van der Waals surface area contributed by atoms with Gasteiger partial charge in [0.2, 0.25) is 0 Å². The summed E-state index contributed by atoms with van der Waals surface area (Å²) in [7, 11) is 0. The molecular formula is C12H13BrN4O. The number of hydrogen-bond acceptors (Lipinski definition) is 5. The number of nitrogens with two attached hydrogens (primary N) is 1. The lowest BCUT2D eigenvalue weighted by atomic mass is 10.3. The van der Waals surface area contributed by atoms with Crippen LogP contribution < -0.4 is 15.8 Å². The van der Waals surface area contributed by atoms with E-state index in [1.54, 1.807) is 0 Å². The van der Waals surface area contributed by atoms with Gasteiger partial charge in [-0.3, -0.25) is 0 Å². The van der Waals surface area contributed by atoms with E-state index in [1.807, 2.05) is 31.2 Å². The lowest BCUT2D eigenvalue weighted by Gasteiger charge is -2.12. The minimum absolute atomic E-state index is 0.390. The molecule has 0 fully saturated rings. The SMILES string of the molecule is CCOc1ccccc1Nc1ncnc(N)c1Br. The summed E-state index contributed by atoms with van der Waals surface area (Å²) < 4.78 is 6.16. The van der Waals surface area contributed by atoms with E-state index in [4.69, 9.17) is 10.5 Å². The van der Waals surface area contributed by atoms with Crippen molar-refractivity contribution < 1.29 is 4.74 Å². The standard InChI is InChI=1S/C12H13BrN4O/c1-2-18-9-6-4-3-5-8(9)17-12-10(13)11(14)15-7-16-12/h3-7H,2H2,1H3,(H3,14,15,16,17). The summed E-state index contributed by atoms with van der Waals surface area (Å²) in [5.41, 5.74) is 6.53. The molecule has 94 valence electrons. The molecule has 1 aromatic heterocycles. The zero-order valence-electron chi connectivity index (χ0n) is 9.85. The molecule has 2 aromatic rings. The molecule has 1 aromatic carbocycles. The van der Waals surface area contributed by atoms with Crippen molar-refractivity contribution in [2.75, 3.05) is 17.7 Å². The predicted octanol–water partition coefficient (Wildman–Crippen LogP) is 2.96. The van der Waals surface area contributed by atoms with Gasteiger partial charge in [-0.05, 0) is 35.0 Å². The van der Waals surface area contributed by atoms with Gasteiger partial charge in [-0.1, -0.05) is 12.1 Å². The number of aromatic nitrogens is 2. The van der Waals surface area contributed by atoms with E-state index in [9.17, 15) is 0 Å². The third kappa shape index (κ3) is 2.70. The monoisotopic (exact) mass is 308 g/mol. The smallest absolute Gasteiger partial charge is 0.150 e. The average Bonchev–Trinajstić information content (AvgIpc) is 2.37. The first kappa shape index (κ1) is 12.6. The Kier molecular flexibility index (Phi) is 3.99. The molecule has 0 unspecified atom stereocenters. The molecule has 0 aliphatic rings. The Balaban J connectivity index is 2.31. The first-order valence-electron chi connectivity index (χ1n) is 5.47. The third-order valence-electron chi connectivity index (χ3n) is 2.26. The summed E-state index contributed by atoms with van der Waals surface area (Å²) >= 11 is 3.35. The highest BCUT2D eigenvalue weighted by atomic mass is 79.9. The number of rotatable bonds is 4. The second kappa shape index (κ2) is 5.68. The van der Waals surface area contributed by atoms with E-state index in [2.05, 4.69) is 31.2 Å². The van der Waals surface area contributed by atoms with E-state index in [0.717, 1.165) is 11.4 Å². The number of halogens is 1. The van der Waals surface area contributed by atoms with Crippen molar-refractivity contribution in [1.82, 2.24) is 9.97 Å². The van der Waals surface area contributed by atoms with Crippen molar-refractivity contribution in [3.8, 4) is 5.75 Å². The zero-order chi connectivity index (χ0) is 13.0. The third-order valence-corrected chi connectivity index (χ3v) is 3.04. The van der Waals surface area contributed by atoms with Crippen LogP contribution in [0, 0.1) is 0 Å². The Labute approximate surface area is 114 Å². The summed E-state index contributed by atoms with van der Waals surface area (Å²) in [4.78, 5) is 8.02. The molecule has 6 heteroatoms. The topological polar surface area (TPSA) is 73.1 Å². The molecular weight excluding hydrogens is 296 g/mol. The fourth-order valence-electron chi connectivity index (χ4n) is 1.45. The Morgan fingerprint density at radius 3 is 2.89 bits per heavy atom. The Morgan fingerprint density at radius 1 is 1.33 bits per heavy atom. The van der Waals surface area contributed by atoms with Gasteiger partial charge in [0.15, 0.2) is 0 Å². The highest BCUT2D eigenvalue weighted by Gasteiger charge is 2.08. The molecule has 0 aliphatic heterocycles. The van der Waals surface area contributed by atoms with Crippen LogP contribution in [0.5, 0.6) is 5.75 Å². The van der Waals surface area contributed by atoms with Crippen molar-refractivity contribution in [2.45, 2.75) is 6.92 Å². The highest BCUT2D eigenvalue weighted by molar-refractivity contribution is 9.10. The van der Waals surface area contributed by atoms with Crippen molar-refractivity contribution in [2.24, 2.45) is 0 Å². The maximum Gasteiger partial charge on any atom is 0.150 e. The summed E-state index contributed by atoms with van der Waals surface area (Å²) in [6.45, 7) is 2.54. The molecule has 0 spiro atoms. The molecule has 3 N–H and O–H groups in total. The predicted molar refractivity (Wildman–Crippen MR) is 75.0 cm³/mol. The van der Waals surface area contributed by atoms with Crippen molar-refractivity contribution in [1.29, 1.82) is 0 Å². The number of nitrogens with one attached hydrogen (secondary N) is 1. The average molecular weight is 309 g/mol. The van der Waals surface area contributed by atoms with Gasteiger partial charge >= 0.3 is 0 Å². The number of nitrogen functional groups attached to an aromatic ring is 1. The van der Waals surface area contributed by atoms with Gasteiger partial charge in [0.05, 0.1) is 12.3 Å². The van der Waals surface area contributed by atoms with Crippen LogP contribution in [0.3, 0.4) is 0 Å². The lowest BCUT2D eigenvalue weighted by Crippen LogP contribution is -2.02. The summed E-state index contributed by atoms with van der Waals surface area (Å²) in [6.07, 6.45) is 1.41. The fourth-order valence-corrected chi connectivity index (χ4v) is 1.75. The quantitative estimate of drug-likeness (QED) is 0.908. The van der Waals surface area contributed by atoms with Crippen molar-refractivity contribution in [3.63, 3.8) is 0 Å². The van der Waals surface area contributed by atoms with Crippen LogP contribution >= 0.6 is 15.9 Å². The summed E-state index contributed by atoms with van der Waals surface area (Å²) in [5.74, 6) is 1.76. The molecule has 0 bridgehead atoms. The summed E-state index contributed by atoms with van der Waals surface area (Å²) in [6, 6.07) is 7.64. The van der Waals surface area contributed by atoms with E-state index in [1.165, 1.54) is 6.33 Å². The molecule has 0 saturated heterocycles. The number of anilines is 3. The number of para-hydroxylation sites is 2. The van der Waals surface area contributed by atoms with E-state index >= 15 is 0 Å². The number of benzene rings is 1. The second-order valence-electron chi connectivity index (χ2n) is 3.48. The Morgan fingerprint density at radius 2 is 2.11 bits per heavy atom. The minimum Gasteiger partial charge on any atom is -0.492 e. The van der Waals surface area contributed by atoms with Gasteiger partial charge < -0.3 is 15.8 Å². The molecule has 0 amide bonds. The van der Waals surface area contributed by atoms with E-state index in [0.29, 0.717) is 22.7 Å². The van der Waals surface area contributed by atoms with Crippen molar-refractivity contribution in [3.05, 3.63) is 35.1 Å². The van der Waals surface area contributed by atoms with Gasteiger partial charge in [-0.2, -0.15) is 0 Å². The molecule has 0 aliphatic carbocycles. The first-order valence-corrected chi connectivity index (χ1v) is 6.26. The minimum atomic E-state index is 0.390. The molecule has 0 radical (unpaired) electrons. The molecule has 18 heavy (non-hydrogen) atoms. The van der Waals surface area contributed by atoms with E-state index in [-0.39, 0.29) is 0 Å². The van der Waals surface area contributed by atoms with Gasteiger partial charge in [0, 0.05) is 0 Å². The van der Waals surface area contributed by atoms with Crippen LogP contribution in [0.25, 0.3) is 0 Å². The summed E-state index contributed by atoms with van der Waals surface area (Å²) in [5, 5.41) is 3.16. The van der Waals surface area contributed by atoms with Crippen molar-refractivity contribution >= 4 is 33.3 Å². The van der Waals surface area contributed by atoms with Crippen LogP contribution in [-0.2, 0) is 0 Å². The van der Waals surface area contributed by atoms with Gasteiger partial charge in [0.25, 0.3) is 0 Å². The lowest BCUT2D eigenvalue weighted by molar-refractivity contribution is 0.342. The molecule has 0 saturated carbocycles. The molecule has 0 atom stereocenters. The fraction of sp³-hybridized carbons (Fsp3) is 0.167. The van der Waals surface area contributed by atoms with Crippen LogP contribution in [0.4, 0.5) is 17.3 Å². The van der Waals surface area contributed by atoms with Crippen LogP contribution in [-0.4, -0.2) is 16.6 Å². The second-order valence-corrected chi connectivity index (χ2v) is 4.27. The number of nitrogens with zero attached hydrogens (tertiary/aromatic N) is 2. The van der Waals surface area contributed by atoms with Gasteiger partial charge in [0.1, 0.15) is 28.2 Å². The first-order chi connectivity index (χ1) is 8.72. The highest BCUT2D eigenvalue weighted by Crippen LogP contribution is 2.31. The van der Waals surface area contributed by atoms with Crippen LogP contribution in [0.2, 0.25) is 0 Å². The number of ether oxygens (including phenoxy) is 1. The van der Waals surface area contributed by atoms with Crippen LogP contribution in [0.15, 0.2) is 35.1 Å². The van der Waals surface area contributed by atoms with E-state index < -0.39 is 0 Å². The maximum atomic E-state index is 5.70. The van der Waals surface area contributed by atoms with Gasteiger partial charge in [-0.25, -0.2) is 9.97 Å². The Hall–Kier alpha value is -1.82. The molecule has 2 rings (SSSR count). The Bertz CT molecular complexity index is 547. The zero-order valence-corrected chi connectivity index (χ0v) is 11.4. The molecule has 5 nitrogen and oxygen atoms in total.